The van der Waals surface area contributed by atoms with Crippen molar-refractivity contribution in [3.05, 3.63) is 53.3 Å². The number of carbonyl (C=O) groups is 1. The van der Waals surface area contributed by atoms with Gasteiger partial charge in [0.2, 0.25) is 0 Å². The first-order valence-corrected chi connectivity index (χ1v) is 5.65. The number of carbonyl (C=O) groups excluding carboxylic acids is 1. The topological polar surface area (TPSA) is 51.2 Å². The van der Waals surface area contributed by atoms with Crippen LogP contribution in [0.1, 0.15) is 10.5 Å². The van der Waals surface area contributed by atoms with E-state index in [1.807, 2.05) is 0 Å². The normalized spacial score (nSPS) is 9.89. The summed E-state index contributed by atoms with van der Waals surface area (Å²) < 4.78 is 5.03. The van der Waals surface area contributed by atoms with E-state index < -0.39 is 0 Å². The van der Waals surface area contributed by atoms with Gasteiger partial charge >= 0.3 is 0 Å². The predicted molar refractivity (Wildman–Crippen MR) is 70.2 cm³/mol. The lowest BCUT2D eigenvalue weighted by Gasteiger charge is -2.05. The van der Waals surface area contributed by atoms with Crippen LogP contribution in [-0.4, -0.2) is 18.0 Å². The number of nitrogens with zero attached hydrogens (tertiary/aromatic N) is 1. The lowest BCUT2D eigenvalue weighted by atomic mass is 10.3. The number of methoxy groups -OCH3 is 1. The molecule has 1 amide bonds. The molecule has 1 aromatic carbocycles. The van der Waals surface area contributed by atoms with Crippen molar-refractivity contribution in [1.82, 2.24) is 4.98 Å². The van der Waals surface area contributed by atoms with E-state index in [2.05, 4.69) is 10.3 Å². The molecule has 1 aromatic heterocycles. The molecule has 0 saturated heterocycles. The van der Waals surface area contributed by atoms with Crippen molar-refractivity contribution in [2.24, 2.45) is 0 Å². The summed E-state index contributed by atoms with van der Waals surface area (Å²) in [6.45, 7) is 0. The summed E-state index contributed by atoms with van der Waals surface area (Å²) in [7, 11) is 1.59. The van der Waals surface area contributed by atoms with E-state index in [0.717, 1.165) is 5.75 Å². The first-order chi connectivity index (χ1) is 8.69. The average molecular weight is 263 g/mol. The van der Waals surface area contributed by atoms with Crippen LogP contribution in [0.4, 0.5) is 5.69 Å². The summed E-state index contributed by atoms with van der Waals surface area (Å²) in [5, 5.41) is 3.01. The molecule has 1 heterocycles. The van der Waals surface area contributed by atoms with Gasteiger partial charge in [-0.05, 0) is 36.4 Å². The summed E-state index contributed by atoms with van der Waals surface area (Å²) in [5.74, 6) is 0.427. The molecule has 0 saturated carbocycles. The van der Waals surface area contributed by atoms with Crippen LogP contribution >= 0.6 is 11.6 Å². The Hall–Kier alpha value is -2.07. The van der Waals surface area contributed by atoms with E-state index in [9.17, 15) is 4.79 Å². The van der Waals surface area contributed by atoms with Gasteiger partial charge in [-0.1, -0.05) is 17.7 Å². The number of nitrogens with one attached hydrogen (secondary N) is 1. The number of anilines is 1. The SMILES string of the molecule is COc1ccc(NC(=O)c2cccc(Cl)n2)cc1. The molecule has 0 fully saturated rings. The fourth-order valence-corrected chi connectivity index (χ4v) is 1.57. The van der Waals surface area contributed by atoms with Gasteiger partial charge < -0.3 is 10.1 Å². The maximum absolute atomic E-state index is 11.9. The van der Waals surface area contributed by atoms with Gasteiger partial charge in [0.05, 0.1) is 7.11 Å². The second-order valence-electron chi connectivity index (χ2n) is 3.53. The molecule has 92 valence electrons. The minimum Gasteiger partial charge on any atom is -0.497 e. The molecule has 0 atom stereocenters. The number of benzene rings is 1. The Morgan fingerprint density at radius 2 is 1.94 bits per heavy atom. The zero-order valence-electron chi connectivity index (χ0n) is 9.68. The Kier molecular flexibility index (Phi) is 3.79. The van der Waals surface area contributed by atoms with E-state index >= 15 is 0 Å². The number of amides is 1. The van der Waals surface area contributed by atoms with E-state index in [4.69, 9.17) is 16.3 Å². The van der Waals surface area contributed by atoms with Crippen molar-refractivity contribution < 1.29 is 9.53 Å². The molecule has 0 unspecified atom stereocenters. The predicted octanol–water partition coefficient (Wildman–Crippen LogP) is 3.00. The van der Waals surface area contributed by atoms with Gasteiger partial charge in [-0.3, -0.25) is 4.79 Å². The second-order valence-corrected chi connectivity index (χ2v) is 3.92. The molecule has 5 heteroatoms. The van der Waals surface area contributed by atoms with Crippen LogP contribution in [0, 0.1) is 0 Å². The van der Waals surface area contributed by atoms with Crippen LogP contribution in [-0.2, 0) is 0 Å². The van der Waals surface area contributed by atoms with Crippen molar-refractivity contribution in [3.8, 4) is 5.75 Å². The number of ether oxygens (including phenoxy) is 1. The molecule has 0 aliphatic rings. The Bertz CT molecular complexity index is 555. The third-order valence-electron chi connectivity index (χ3n) is 2.30. The van der Waals surface area contributed by atoms with E-state index in [1.165, 1.54) is 0 Å². The summed E-state index contributed by atoms with van der Waals surface area (Å²) in [4.78, 5) is 15.8. The second kappa shape index (κ2) is 5.51. The Balaban J connectivity index is 2.11. The number of hydrogen-bond acceptors (Lipinski definition) is 3. The lowest BCUT2D eigenvalue weighted by molar-refractivity contribution is 0.102. The van der Waals surface area contributed by atoms with Crippen LogP contribution in [0.15, 0.2) is 42.5 Å². The molecule has 0 aliphatic heterocycles. The lowest BCUT2D eigenvalue weighted by Crippen LogP contribution is -2.13. The van der Waals surface area contributed by atoms with Crippen molar-refractivity contribution >= 4 is 23.2 Å². The molecular weight excluding hydrogens is 252 g/mol. The van der Waals surface area contributed by atoms with Crippen molar-refractivity contribution in [3.63, 3.8) is 0 Å². The smallest absolute Gasteiger partial charge is 0.274 e. The van der Waals surface area contributed by atoms with Crippen LogP contribution in [0.5, 0.6) is 5.75 Å². The molecular formula is C13H11ClN2O2. The molecule has 1 N–H and O–H groups in total. The van der Waals surface area contributed by atoms with Gasteiger partial charge in [0.1, 0.15) is 16.6 Å². The van der Waals surface area contributed by atoms with Gasteiger partial charge in [0, 0.05) is 5.69 Å². The summed E-state index contributed by atoms with van der Waals surface area (Å²) in [5.41, 5.74) is 0.945. The molecule has 4 nitrogen and oxygen atoms in total. The standard InChI is InChI=1S/C13H11ClN2O2/c1-18-10-7-5-9(6-8-10)15-13(17)11-3-2-4-12(14)16-11/h2-8H,1H3,(H,15,17). The van der Waals surface area contributed by atoms with Crippen molar-refractivity contribution in [2.75, 3.05) is 12.4 Å². The Morgan fingerprint density at radius 1 is 1.22 bits per heavy atom. The molecule has 2 aromatic rings. The summed E-state index contributed by atoms with van der Waals surface area (Å²) in [6.07, 6.45) is 0. The third-order valence-corrected chi connectivity index (χ3v) is 2.51. The maximum atomic E-state index is 11.9. The zero-order chi connectivity index (χ0) is 13.0. The van der Waals surface area contributed by atoms with E-state index in [1.54, 1.807) is 49.6 Å². The van der Waals surface area contributed by atoms with Crippen LogP contribution in [0.2, 0.25) is 5.15 Å². The Labute approximate surface area is 110 Å². The van der Waals surface area contributed by atoms with Crippen LogP contribution in [0.25, 0.3) is 0 Å². The van der Waals surface area contributed by atoms with E-state index in [0.29, 0.717) is 5.69 Å². The third kappa shape index (κ3) is 2.99. The fraction of sp³-hybridized carbons (Fsp3) is 0.0769. The van der Waals surface area contributed by atoms with Crippen LogP contribution in [0.3, 0.4) is 0 Å². The minimum absolute atomic E-state index is 0.276. The number of aromatic nitrogens is 1. The highest BCUT2D eigenvalue weighted by molar-refractivity contribution is 6.29. The number of halogens is 1. The summed E-state index contributed by atoms with van der Waals surface area (Å²) in [6, 6.07) is 11.9. The van der Waals surface area contributed by atoms with Gasteiger partial charge in [0.25, 0.3) is 5.91 Å². The quantitative estimate of drug-likeness (QED) is 0.865. The Morgan fingerprint density at radius 3 is 2.56 bits per heavy atom. The highest BCUT2D eigenvalue weighted by Gasteiger charge is 2.07. The molecule has 0 aliphatic carbocycles. The highest BCUT2D eigenvalue weighted by Crippen LogP contribution is 2.16. The first-order valence-electron chi connectivity index (χ1n) is 5.27. The molecule has 18 heavy (non-hydrogen) atoms. The summed E-state index contributed by atoms with van der Waals surface area (Å²) >= 11 is 5.72. The average Bonchev–Trinajstić information content (AvgIpc) is 2.39. The maximum Gasteiger partial charge on any atom is 0.274 e. The van der Waals surface area contributed by atoms with E-state index in [-0.39, 0.29) is 16.8 Å². The van der Waals surface area contributed by atoms with Gasteiger partial charge in [-0.15, -0.1) is 0 Å². The number of hydrogen-bond donors (Lipinski definition) is 1. The first kappa shape index (κ1) is 12.4. The van der Waals surface area contributed by atoms with Gasteiger partial charge in [-0.2, -0.15) is 0 Å². The molecule has 2 rings (SSSR count). The fourth-order valence-electron chi connectivity index (χ4n) is 1.40. The van der Waals surface area contributed by atoms with Gasteiger partial charge in [0.15, 0.2) is 0 Å². The highest BCUT2D eigenvalue weighted by atomic mass is 35.5. The van der Waals surface area contributed by atoms with Crippen LogP contribution < -0.4 is 10.1 Å². The largest absolute Gasteiger partial charge is 0.497 e. The van der Waals surface area contributed by atoms with Crippen molar-refractivity contribution in [2.45, 2.75) is 0 Å². The zero-order valence-corrected chi connectivity index (χ0v) is 10.4. The monoisotopic (exact) mass is 262 g/mol. The molecule has 0 bridgehead atoms. The molecule has 0 spiro atoms. The number of pyridine rings is 1. The molecule has 0 radical (unpaired) electrons. The van der Waals surface area contributed by atoms with Gasteiger partial charge in [-0.25, -0.2) is 4.98 Å². The minimum atomic E-state index is -0.303. The number of rotatable bonds is 3. The van der Waals surface area contributed by atoms with Crippen molar-refractivity contribution in [1.29, 1.82) is 0 Å².